The third kappa shape index (κ3) is 2.19. The summed E-state index contributed by atoms with van der Waals surface area (Å²) in [5.74, 6) is -0.186. The maximum absolute atomic E-state index is 12.8. The number of benzene rings is 1. The quantitative estimate of drug-likeness (QED) is 0.847. The molecule has 0 unspecified atom stereocenters. The van der Waals surface area contributed by atoms with Crippen LogP contribution in [0.2, 0.25) is 0 Å². The summed E-state index contributed by atoms with van der Waals surface area (Å²) in [6.07, 6.45) is 3.72. The molecule has 1 aliphatic carbocycles. The van der Waals surface area contributed by atoms with Crippen LogP contribution in [0.3, 0.4) is 0 Å². The number of anilines is 1. The number of rotatable bonds is 4. The number of hydrogen-bond donors (Lipinski definition) is 1. The van der Waals surface area contributed by atoms with Gasteiger partial charge >= 0.3 is 0 Å². The molecule has 3 heteroatoms. The minimum atomic E-state index is -0.186. The highest BCUT2D eigenvalue weighted by molar-refractivity contribution is 5.45. The third-order valence-electron chi connectivity index (χ3n) is 3.69. The molecule has 1 fully saturated rings. The Morgan fingerprint density at radius 1 is 1.31 bits per heavy atom. The molecule has 16 heavy (non-hydrogen) atoms. The first-order valence-electron chi connectivity index (χ1n) is 5.82. The lowest BCUT2D eigenvalue weighted by atomic mass is 9.68. The molecule has 0 aliphatic heterocycles. The number of halogens is 1. The SMILES string of the molecule is CN(CC1(CN)CCC1)c1ccc(F)cc1. The molecule has 1 aliphatic rings. The van der Waals surface area contributed by atoms with Crippen LogP contribution in [-0.4, -0.2) is 20.1 Å². The molecule has 88 valence electrons. The second kappa shape index (κ2) is 4.42. The molecule has 0 amide bonds. The van der Waals surface area contributed by atoms with Gasteiger partial charge < -0.3 is 10.6 Å². The monoisotopic (exact) mass is 222 g/mol. The van der Waals surface area contributed by atoms with Gasteiger partial charge in [-0.15, -0.1) is 0 Å². The fourth-order valence-electron chi connectivity index (χ4n) is 2.39. The van der Waals surface area contributed by atoms with Gasteiger partial charge in [0.1, 0.15) is 5.82 Å². The van der Waals surface area contributed by atoms with E-state index in [9.17, 15) is 4.39 Å². The van der Waals surface area contributed by atoms with Crippen LogP contribution in [0.5, 0.6) is 0 Å². The Balaban J connectivity index is 2.02. The summed E-state index contributed by atoms with van der Waals surface area (Å²) in [6, 6.07) is 6.64. The maximum atomic E-state index is 12.8. The average Bonchev–Trinajstić information content (AvgIpc) is 2.24. The van der Waals surface area contributed by atoms with Gasteiger partial charge in [-0.2, -0.15) is 0 Å². The van der Waals surface area contributed by atoms with Gasteiger partial charge in [-0.3, -0.25) is 0 Å². The van der Waals surface area contributed by atoms with E-state index in [4.69, 9.17) is 5.73 Å². The van der Waals surface area contributed by atoms with Gasteiger partial charge in [0.25, 0.3) is 0 Å². The molecule has 1 aromatic carbocycles. The van der Waals surface area contributed by atoms with Crippen LogP contribution in [0.15, 0.2) is 24.3 Å². The summed E-state index contributed by atoms with van der Waals surface area (Å²) in [5.41, 5.74) is 7.18. The molecule has 0 bridgehead atoms. The topological polar surface area (TPSA) is 29.3 Å². The highest BCUT2D eigenvalue weighted by atomic mass is 19.1. The Bertz CT molecular complexity index is 338. The van der Waals surface area contributed by atoms with Crippen molar-refractivity contribution in [2.75, 3.05) is 25.0 Å². The van der Waals surface area contributed by atoms with E-state index in [0.717, 1.165) is 18.8 Å². The smallest absolute Gasteiger partial charge is 0.123 e. The third-order valence-corrected chi connectivity index (χ3v) is 3.69. The van der Waals surface area contributed by atoms with Crippen LogP contribution in [0, 0.1) is 11.2 Å². The lowest BCUT2D eigenvalue weighted by Crippen LogP contribution is -2.46. The highest BCUT2D eigenvalue weighted by Gasteiger charge is 2.36. The average molecular weight is 222 g/mol. The molecule has 0 radical (unpaired) electrons. The first-order valence-corrected chi connectivity index (χ1v) is 5.82. The molecule has 2 nitrogen and oxygen atoms in total. The number of nitrogens with two attached hydrogens (primary N) is 1. The van der Waals surface area contributed by atoms with Crippen molar-refractivity contribution in [2.45, 2.75) is 19.3 Å². The molecule has 0 saturated heterocycles. The zero-order valence-electron chi connectivity index (χ0n) is 9.75. The standard InChI is InChI=1S/C13H19FN2/c1-16(10-13(9-15)7-2-8-13)12-5-3-11(14)4-6-12/h3-6H,2,7-10,15H2,1H3. The molecule has 0 heterocycles. The van der Waals surface area contributed by atoms with E-state index in [2.05, 4.69) is 4.90 Å². The lowest BCUT2D eigenvalue weighted by molar-refractivity contribution is 0.154. The maximum Gasteiger partial charge on any atom is 0.123 e. The Kier molecular flexibility index (Phi) is 3.15. The zero-order valence-corrected chi connectivity index (χ0v) is 9.75. The minimum absolute atomic E-state index is 0.186. The van der Waals surface area contributed by atoms with Crippen LogP contribution in [0.1, 0.15) is 19.3 Å². The predicted molar refractivity (Wildman–Crippen MR) is 65.0 cm³/mol. The van der Waals surface area contributed by atoms with Crippen molar-refractivity contribution in [2.24, 2.45) is 11.1 Å². The minimum Gasteiger partial charge on any atom is -0.374 e. The van der Waals surface area contributed by atoms with Crippen LogP contribution in [0.4, 0.5) is 10.1 Å². The summed E-state index contributed by atoms with van der Waals surface area (Å²) in [4.78, 5) is 2.17. The van der Waals surface area contributed by atoms with E-state index in [-0.39, 0.29) is 5.82 Å². The van der Waals surface area contributed by atoms with Crippen molar-refractivity contribution in [3.63, 3.8) is 0 Å². The summed E-state index contributed by atoms with van der Waals surface area (Å²) in [7, 11) is 2.04. The molecule has 0 aromatic heterocycles. The Morgan fingerprint density at radius 3 is 2.38 bits per heavy atom. The van der Waals surface area contributed by atoms with Crippen molar-refractivity contribution in [3.05, 3.63) is 30.1 Å². The molecule has 2 N–H and O–H groups in total. The van der Waals surface area contributed by atoms with Gasteiger partial charge in [0, 0.05) is 24.7 Å². The Labute approximate surface area is 96.2 Å². The summed E-state index contributed by atoms with van der Waals surface area (Å²) in [5, 5.41) is 0. The molecule has 1 aromatic rings. The van der Waals surface area contributed by atoms with Gasteiger partial charge in [-0.05, 0) is 43.7 Å². The van der Waals surface area contributed by atoms with Crippen LogP contribution < -0.4 is 10.6 Å². The van der Waals surface area contributed by atoms with E-state index in [1.165, 1.54) is 31.4 Å². The van der Waals surface area contributed by atoms with E-state index in [1.807, 2.05) is 19.2 Å². The van der Waals surface area contributed by atoms with Crippen molar-refractivity contribution in [3.8, 4) is 0 Å². The zero-order chi connectivity index (χ0) is 11.6. The van der Waals surface area contributed by atoms with Crippen molar-refractivity contribution >= 4 is 5.69 Å². The van der Waals surface area contributed by atoms with E-state index < -0.39 is 0 Å². The van der Waals surface area contributed by atoms with Crippen molar-refractivity contribution < 1.29 is 4.39 Å². The molecule has 0 spiro atoms. The van der Waals surface area contributed by atoms with Crippen molar-refractivity contribution in [1.29, 1.82) is 0 Å². The highest BCUT2D eigenvalue weighted by Crippen LogP contribution is 2.40. The summed E-state index contributed by atoms with van der Waals surface area (Å²) < 4.78 is 12.8. The van der Waals surface area contributed by atoms with Gasteiger partial charge in [0.05, 0.1) is 0 Å². The van der Waals surface area contributed by atoms with Crippen LogP contribution >= 0.6 is 0 Å². The molecule has 2 rings (SSSR count). The van der Waals surface area contributed by atoms with E-state index in [0.29, 0.717) is 5.41 Å². The van der Waals surface area contributed by atoms with Gasteiger partial charge in [-0.1, -0.05) is 6.42 Å². The Morgan fingerprint density at radius 2 is 1.94 bits per heavy atom. The Hall–Kier alpha value is -1.09. The van der Waals surface area contributed by atoms with E-state index >= 15 is 0 Å². The second-order valence-electron chi connectivity index (χ2n) is 4.89. The van der Waals surface area contributed by atoms with E-state index in [1.54, 1.807) is 0 Å². The predicted octanol–water partition coefficient (Wildman–Crippen LogP) is 2.39. The van der Waals surface area contributed by atoms with Gasteiger partial charge in [0.15, 0.2) is 0 Å². The van der Waals surface area contributed by atoms with Gasteiger partial charge in [-0.25, -0.2) is 4.39 Å². The second-order valence-corrected chi connectivity index (χ2v) is 4.89. The molecular weight excluding hydrogens is 203 g/mol. The van der Waals surface area contributed by atoms with Gasteiger partial charge in [0.2, 0.25) is 0 Å². The number of hydrogen-bond acceptors (Lipinski definition) is 2. The summed E-state index contributed by atoms with van der Waals surface area (Å²) >= 11 is 0. The fraction of sp³-hybridized carbons (Fsp3) is 0.538. The number of nitrogens with zero attached hydrogens (tertiary/aromatic N) is 1. The normalized spacial score (nSPS) is 17.9. The lowest BCUT2D eigenvalue weighted by Gasteiger charge is -2.44. The fourth-order valence-corrected chi connectivity index (χ4v) is 2.39. The largest absolute Gasteiger partial charge is 0.374 e. The first-order chi connectivity index (χ1) is 7.65. The van der Waals surface area contributed by atoms with Crippen molar-refractivity contribution in [1.82, 2.24) is 0 Å². The van der Waals surface area contributed by atoms with Crippen LogP contribution in [0.25, 0.3) is 0 Å². The first kappa shape index (κ1) is 11.4. The van der Waals surface area contributed by atoms with Crippen LogP contribution in [-0.2, 0) is 0 Å². The molecule has 1 saturated carbocycles. The molecule has 0 atom stereocenters. The summed E-state index contributed by atoms with van der Waals surface area (Å²) in [6.45, 7) is 1.72. The molecular formula is C13H19FN2.